The van der Waals surface area contributed by atoms with Crippen LogP contribution in [0.2, 0.25) is 0 Å². The Balaban J connectivity index is 0.000000550. The fraction of sp³-hybridized carbons (Fsp3) is 0.231. The zero-order valence-electron chi connectivity index (χ0n) is 10.4. The van der Waals surface area contributed by atoms with E-state index in [0.717, 1.165) is 10.9 Å². The standard InChI is InChI=1S/C13H14NO2.Cl2I/c1-2-16-13(15)10-14-9-5-7-11-6-3-4-8-12(11)14;1-3-2/h3-9H,2,10H2,1H3;/q+1;-1. The van der Waals surface area contributed by atoms with E-state index in [0.29, 0.717) is 6.61 Å². The van der Waals surface area contributed by atoms with Gasteiger partial charge in [0.1, 0.15) is 0 Å². The Bertz CT molecular complexity index is 532. The van der Waals surface area contributed by atoms with E-state index in [-0.39, 0.29) is 12.5 Å². The summed E-state index contributed by atoms with van der Waals surface area (Å²) in [6.45, 7) is 2.49. The van der Waals surface area contributed by atoms with Crippen molar-refractivity contribution in [3.05, 3.63) is 42.6 Å². The molecule has 19 heavy (non-hydrogen) atoms. The molecular weight excluding hydrogens is 400 g/mol. The molecule has 0 aliphatic carbocycles. The normalized spacial score (nSPS) is 9.84. The summed E-state index contributed by atoms with van der Waals surface area (Å²) in [5, 5.41) is 1.12. The molecular formula is C13H14Cl2INO2. The molecule has 0 atom stereocenters. The predicted octanol–water partition coefficient (Wildman–Crippen LogP) is 0.0734. The minimum atomic E-state index is -0.466. The van der Waals surface area contributed by atoms with Crippen molar-refractivity contribution >= 4 is 34.7 Å². The number of hydrogen-bond acceptors (Lipinski definition) is 2. The molecule has 0 radical (unpaired) electrons. The molecule has 0 spiro atoms. The second kappa shape index (κ2) is 9.34. The zero-order chi connectivity index (χ0) is 14.1. The average molecular weight is 414 g/mol. The van der Waals surface area contributed by atoms with Gasteiger partial charge in [-0.15, -0.1) is 0 Å². The topological polar surface area (TPSA) is 30.2 Å². The van der Waals surface area contributed by atoms with E-state index in [1.54, 1.807) is 0 Å². The molecule has 1 aromatic heterocycles. The number of rotatable bonds is 3. The van der Waals surface area contributed by atoms with Crippen molar-refractivity contribution in [1.82, 2.24) is 0 Å². The van der Waals surface area contributed by atoms with Crippen LogP contribution in [-0.2, 0) is 16.1 Å². The van der Waals surface area contributed by atoms with Gasteiger partial charge >= 0.3 is 42.7 Å². The van der Waals surface area contributed by atoms with Crippen molar-refractivity contribution < 1.29 is 33.0 Å². The summed E-state index contributed by atoms with van der Waals surface area (Å²) in [6.07, 6.45) is 1.89. The molecule has 3 nitrogen and oxygen atoms in total. The maximum absolute atomic E-state index is 11.4. The molecule has 0 N–H and O–H groups in total. The Morgan fingerprint density at radius 3 is 2.58 bits per heavy atom. The summed E-state index contributed by atoms with van der Waals surface area (Å²) in [5.41, 5.74) is 1.04. The third kappa shape index (κ3) is 5.50. The fourth-order valence-corrected chi connectivity index (χ4v) is 1.70. The van der Waals surface area contributed by atoms with Crippen LogP contribution in [0.3, 0.4) is 0 Å². The van der Waals surface area contributed by atoms with Crippen LogP contribution in [0.15, 0.2) is 42.6 Å². The maximum atomic E-state index is 11.4. The molecule has 6 heteroatoms. The number of nitrogens with zero attached hydrogens (tertiary/aromatic N) is 1. The van der Waals surface area contributed by atoms with Crippen LogP contribution in [0, 0.1) is 0 Å². The molecule has 1 heterocycles. The Hall–Kier alpha value is -0.590. The first-order valence-corrected chi connectivity index (χ1v) is 11.1. The van der Waals surface area contributed by atoms with E-state index in [4.69, 9.17) is 22.6 Å². The third-order valence-corrected chi connectivity index (χ3v) is 2.39. The van der Waals surface area contributed by atoms with E-state index in [9.17, 15) is 4.79 Å². The van der Waals surface area contributed by atoms with E-state index >= 15 is 0 Å². The molecule has 0 saturated carbocycles. The third-order valence-electron chi connectivity index (χ3n) is 2.39. The number of esters is 1. The number of carbonyl (C=O) groups is 1. The molecule has 104 valence electrons. The number of hydrogen-bond donors (Lipinski definition) is 0. The first-order valence-electron chi connectivity index (χ1n) is 5.62. The van der Waals surface area contributed by atoms with Gasteiger partial charge in [-0.2, -0.15) is 4.57 Å². The van der Waals surface area contributed by atoms with Crippen LogP contribution in [0.5, 0.6) is 0 Å². The molecule has 0 saturated heterocycles. The number of para-hydroxylation sites is 1. The Labute approximate surface area is 130 Å². The summed E-state index contributed by atoms with van der Waals surface area (Å²) in [6, 6.07) is 11.9. The quantitative estimate of drug-likeness (QED) is 0.405. The molecule has 0 fully saturated rings. The second-order valence-electron chi connectivity index (χ2n) is 3.55. The van der Waals surface area contributed by atoms with Crippen LogP contribution < -0.4 is 23.5 Å². The van der Waals surface area contributed by atoms with Crippen molar-refractivity contribution in [3.63, 3.8) is 0 Å². The first-order chi connectivity index (χ1) is 9.22. The Kier molecular flexibility index (Phi) is 8.09. The van der Waals surface area contributed by atoms with E-state index < -0.39 is 18.9 Å². The Morgan fingerprint density at radius 1 is 1.26 bits per heavy atom. The number of ether oxygens (including phenoxy) is 1. The van der Waals surface area contributed by atoms with Gasteiger partial charge in [0.25, 0.3) is 0 Å². The van der Waals surface area contributed by atoms with Crippen LogP contribution in [0.4, 0.5) is 0 Å². The van der Waals surface area contributed by atoms with E-state index in [1.807, 2.05) is 54.1 Å². The Morgan fingerprint density at radius 2 is 1.89 bits per heavy atom. The molecule has 2 aromatic rings. The van der Waals surface area contributed by atoms with Gasteiger partial charge in [0.2, 0.25) is 12.1 Å². The molecule has 0 unspecified atom stereocenters. The molecule has 2 rings (SSSR count). The van der Waals surface area contributed by atoms with Crippen molar-refractivity contribution in [2.24, 2.45) is 0 Å². The van der Waals surface area contributed by atoms with Gasteiger partial charge in [-0.05, 0) is 19.1 Å². The SMILES string of the molecule is CCOC(=O)C[n+]1cccc2ccccc21.Cl[I-]Cl. The second-order valence-corrected chi connectivity index (χ2v) is 6.76. The van der Waals surface area contributed by atoms with Crippen molar-refractivity contribution in [1.29, 1.82) is 0 Å². The summed E-state index contributed by atoms with van der Waals surface area (Å²) in [4.78, 5) is 11.4. The van der Waals surface area contributed by atoms with Gasteiger partial charge < -0.3 is 4.74 Å². The summed E-state index contributed by atoms with van der Waals surface area (Å²) in [7, 11) is 9.75. The molecule has 0 amide bonds. The van der Waals surface area contributed by atoms with E-state index in [2.05, 4.69) is 0 Å². The monoisotopic (exact) mass is 413 g/mol. The summed E-state index contributed by atoms with van der Waals surface area (Å²) in [5.74, 6) is -0.205. The molecule has 0 aliphatic heterocycles. The summed E-state index contributed by atoms with van der Waals surface area (Å²) < 4.78 is 6.83. The van der Waals surface area contributed by atoms with Crippen LogP contribution in [-0.4, -0.2) is 12.6 Å². The molecule has 1 aromatic carbocycles. The fourth-order valence-electron chi connectivity index (χ4n) is 1.70. The minimum absolute atomic E-state index is 0.205. The van der Waals surface area contributed by atoms with Gasteiger partial charge in [0.15, 0.2) is 6.20 Å². The zero-order valence-corrected chi connectivity index (χ0v) is 14.0. The number of fused-ring (bicyclic) bond motifs is 1. The van der Waals surface area contributed by atoms with Gasteiger partial charge in [-0.1, -0.05) is 12.1 Å². The number of pyridine rings is 1. The van der Waals surface area contributed by atoms with Crippen LogP contribution >= 0.6 is 17.8 Å². The van der Waals surface area contributed by atoms with Crippen molar-refractivity contribution in [3.8, 4) is 0 Å². The van der Waals surface area contributed by atoms with E-state index in [1.165, 1.54) is 0 Å². The van der Waals surface area contributed by atoms with Gasteiger partial charge in [0, 0.05) is 17.5 Å². The van der Waals surface area contributed by atoms with Gasteiger partial charge in [-0.3, -0.25) is 0 Å². The summed E-state index contributed by atoms with van der Waals surface area (Å²) >= 11 is -0.466. The number of carbonyl (C=O) groups excluding carboxylic acids is 1. The number of aromatic nitrogens is 1. The van der Waals surface area contributed by atoms with Crippen LogP contribution in [0.1, 0.15) is 6.92 Å². The number of halogens is 3. The number of benzene rings is 1. The van der Waals surface area contributed by atoms with Gasteiger partial charge in [0.05, 0.1) is 6.61 Å². The molecule has 0 bridgehead atoms. The first kappa shape index (κ1) is 16.5. The molecule has 0 aliphatic rings. The van der Waals surface area contributed by atoms with Crippen molar-refractivity contribution in [2.45, 2.75) is 13.5 Å². The van der Waals surface area contributed by atoms with Crippen LogP contribution in [0.25, 0.3) is 10.9 Å². The predicted molar refractivity (Wildman–Crippen MR) is 72.5 cm³/mol. The van der Waals surface area contributed by atoms with Crippen molar-refractivity contribution in [2.75, 3.05) is 6.61 Å². The van der Waals surface area contributed by atoms with Gasteiger partial charge in [-0.25, -0.2) is 4.79 Å². The average Bonchev–Trinajstić information content (AvgIpc) is 2.40.